The number of hydrogen-bond donors (Lipinski definition) is 1. The number of anilines is 2. The van der Waals surface area contributed by atoms with Crippen molar-refractivity contribution < 1.29 is 17.9 Å². The van der Waals surface area contributed by atoms with Crippen molar-refractivity contribution in [1.82, 2.24) is 0 Å². The molecule has 32 heavy (non-hydrogen) atoms. The molecule has 0 aromatic heterocycles. The van der Waals surface area contributed by atoms with E-state index >= 15 is 0 Å². The minimum atomic E-state index is -3.84. The molecule has 1 aliphatic rings. The molecular weight excluding hydrogens is 424 g/mol. The maximum Gasteiger partial charge on any atom is 0.265 e. The summed E-state index contributed by atoms with van der Waals surface area (Å²) in [6, 6.07) is 19.7. The molecule has 0 atom stereocenters. The summed E-state index contributed by atoms with van der Waals surface area (Å²) in [6.07, 6.45) is 2.31. The molecule has 1 N–H and O–H groups in total. The van der Waals surface area contributed by atoms with Crippen LogP contribution in [0.25, 0.3) is 0 Å². The summed E-state index contributed by atoms with van der Waals surface area (Å²) in [7, 11) is -2.39. The van der Waals surface area contributed by atoms with Crippen LogP contribution in [0.15, 0.2) is 71.6 Å². The Hall–Kier alpha value is -3.32. The minimum absolute atomic E-state index is 0.0546. The van der Waals surface area contributed by atoms with E-state index in [2.05, 4.69) is 4.72 Å². The van der Waals surface area contributed by atoms with E-state index in [1.807, 2.05) is 43.3 Å². The van der Waals surface area contributed by atoms with Crippen molar-refractivity contribution in [3.63, 3.8) is 0 Å². The second-order valence-electron chi connectivity index (χ2n) is 7.71. The minimum Gasteiger partial charge on any atom is -0.495 e. The molecule has 0 radical (unpaired) electrons. The molecule has 1 amide bonds. The Morgan fingerprint density at radius 3 is 2.56 bits per heavy atom. The molecule has 7 heteroatoms. The summed E-state index contributed by atoms with van der Waals surface area (Å²) in [5.41, 5.74) is 3.76. The number of nitrogens with one attached hydrogen (secondary N) is 1. The van der Waals surface area contributed by atoms with Crippen LogP contribution in [0, 0.1) is 0 Å². The van der Waals surface area contributed by atoms with Crippen LogP contribution in [0.2, 0.25) is 0 Å². The highest BCUT2D eigenvalue weighted by Gasteiger charge is 2.25. The fourth-order valence-electron chi connectivity index (χ4n) is 3.97. The molecule has 3 aromatic carbocycles. The first-order chi connectivity index (χ1) is 15.4. The van der Waals surface area contributed by atoms with Gasteiger partial charge >= 0.3 is 0 Å². The number of carbonyl (C=O) groups excluding carboxylic acids is 1. The molecule has 0 unspecified atom stereocenters. The number of rotatable bonds is 6. The monoisotopic (exact) mass is 450 g/mol. The Bertz CT molecular complexity index is 1240. The van der Waals surface area contributed by atoms with Gasteiger partial charge in [-0.05, 0) is 72.9 Å². The smallest absolute Gasteiger partial charge is 0.265 e. The van der Waals surface area contributed by atoms with E-state index < -0.39 is 10.0 Å². The van der Waals surface area contributed by atoms with Gasteiger partial charge in [-0.1, -0.05) is 31.2 Å². The Morgan fingerprint density at radius 2 is 1.84 bits per heavy atom. The third kappa shape index (κ3) is 4.34. The number of aryl methyl sites for hydroxylation is 2. The van der Waals surface area contributed by atoms with Crippen molar-refractivity contribution in [2.24, 2.45) is 0 Å². The third-order valence-electron chi connectivity index (χ3n) is 5.64. The van der Waals surface area contributed by atoms with E-state index in [0.717, 1.165) is 36.1 Å². The number of nitrogens with zero attached hydrogens (tertiary/aromatic N) is 1. The van der Waals surface area contributed by atoms with Crippen LogP contribution >= 0.6 is 0 Å². The number of hydrogen-bond acceptors (Lipinski definition) is 4. The number of sulfonamides is 1. The van der Waals surface area contributed by atoms with Crippen LogP contribution in [0.3, 0.4) is 0 Å². The standard InChI is InChI=1S/C25H26N2O4S/c1-3-18-11-14-23(31-2)24(16-18)32(29,30)26-21-12-13-22-20(17-21)10-7-15-27(22)25(28)19-8-5-4-6-9-19/h4-6,8-9,11-14,16-17,26H,3,7,10,15H2,1-2H3. The van der Waals surface area contributed by atoms with E-state index in [9.17, 15) is 13.2 Å². The summed E-state index contributed by atoms with van der Waals surface area (Å²) in [5, 5.41) is 0. The maximum absolute atomic E-state index is 13.1. The van der Waals surface area contributed by atoms with Gasteiger partial charge in [0.25, 0.3) is 15.9 Å². The first-order valence-corrected chi connectivity index (χ1v) is 12.1. The predicted molar refractivity (Wildman–Crippen MR) is 126 cm³/mol. The topological polar surface area (TPSA) is 75.7 Å². The Balaban J connectivity index is 1.63. The van der Waals surface area contributed by atoms with Crippen LogP contribution in [-0.2, 0) is 22.9 Å². The SMILES string of the molecule is CCc1ccc(OC)c(S(=O)(=O)Nc2ccc3c(c2)CCCN3C(=O)c2ccccc2)c1. The molecule has 0 bridgehead atoms. The lowest BCUT2D eigenvalue weighted by molar-refractivity contribution is 0.0985. The molecule has 1 heterocycles. The van der Waals surface area contributed by atoms with Crippen LogP contribution < -0.4 is 14.4 Å². The maximum atomic E-state index is 13.1. The van der Waals surface area contributed by atoms with Gasteiger partial charge in [0.2, 0.25) is 0 Å². The van der Waals surface area contributed by atoms with Gasteiger partial charge in [0.1, 0.15) is 10.6 Å². The van der Waals surface area contributed by atoms with E-state index in [4.69, 9.17) is 4.74 Å². The molecular formula is C25H26N2O4S. The molecule has 1 aliphatic heterocycles. The quantitative estimate of drug-likeness (QED) is 0.593. The summed E-state index contributed by atoms with van der Waals surface area (Å²) in [5.74, 6) is 0.244. The Labute approximate surface area is 188 Å². The van der Waals surface area contributed by atoms with E-state index in [0.29, 0.717) is 23.5 Å². The van der Waals surface area contributed by atoms with Crippen LogP contribution in [0.5, 0.6) is 5.75 Å². The number of amides is 1. The van der Waals surface area contributed by atoms with Gasteiger partial charge in [0.05, 0.1) is 7.11 Å². The van der Waals surface area contributed by atoms with Gasteiger partial charge in [-0.3, -0.25) is 9.52 Å². The highest BCUT2D eigenvalue weighted by Crippen LogP contribution is 2.33. The summed E-state index contributed by atoms with van der Waals surface area (Å²) >= 11 is 0. The summed E-state index contributed by atoms with van der Waals surface area (Å²) in [6.45, 7) is 2.60. The second kappa shape index (κ2) is 9.04. The van der Waals surface area contributed by atoms with Crippen molar-refractivity contribution in [2.45, 2.75) is 31.1 Å². The summed E-state index contributed by atoms with van der Waals surface area (Å²) in [4.78, 5) is 14.9. The van der Waals surface area contributed by atoms with Gasteiger partial charge in [-0.25, -0.2) is 8.42 Å². The normalized spacial score (nSPS) is 13.4. The number of carbonyl (C=O) groups is 1. The molecule has 0 saturated carbocycles. The fourth-order valence-corrected chi connectivity index (χ4v) is 5.24. The first-order valence-electron chi connectivity index (χ1n) is 10.6. The largest absolute Gasteiger partial charge is 0.495 e. The zero-order chi connectivity index (χ0) is 22.7. The zero-order valence-electron chi connectivity index (χ0n) is 18.2. The van der Waals surface area contributed by atoms with Crippen molar-refractivity contribution in [2.75, 3.05) is 23.3 Å². The highest BCUT2D eigenvalue weighted by atomic mass is 32.2. The molecule has 0 fully saturated rings. The van der Waals surface area contributed by atoms with Crippen LogP contribution in [0.1, 0.15) is 34.8 Å². The van der Waals surface area contributed by atoms with Crippen molar-refractivity contribution in [3.8, 4) is 5.75 Å². The molecule has 0 saturated heterocycles. The van der Waals surface area contributed by atoms with Gasteiger partial charge in [0, 0.05) is 23.5 Å². The fraction of sp³-hybridized carbons (Fsp3) is 0.240. The lowest BCUT2D eigenvalue weighted by Gasteiger charge is -2.30. The lowest BCUT2D eigenvalue weighted by atomic mass is 10.00. The van der Waals surface area contributed by atoms with E-state index in [1.54, 1.807) is 35.2 Å². The average molecular weight is 451 g/mol. The van der Waals surface area contributed by atoms with Gasteiger partial charge in [0.15, 0.2) is 0 Å². The lowest BCUT2D eigenvalue weighted by Crippen LogP contribution is -2.35. The summed E-state index contributed by atoms with van der Waals surface area (Å²) < 4.78 is 34.2. The highest BCUT2D eigenvalue weighted by molar-refractivity contribution is 7.92. The van der Waals surface area contributed by atoms with Crippen LogP contribution in [-0.4, -0.2) is 28.0 Å². The predicted octanol–water partition coefficient (Wildman–Crippen LogP) is 4.65. The van der Waals surface area contributed by atoms with Crippen molar-refractivity contribution in [3.05, 3.63) is 83.4 Å². The van der Waals surface area contributed by atoms with E-state index in [1.165, 1.54) is 7.11 Å². The number of fused-ring (bicyclic) bond motifs is 1. The van der Waals surface area contributed by atoms with Gasteiger partial charge in [-0.15, -0.1) is 0 Å². The molecule has 0 spiro atoms. The van der Waals surface area contributed by atoms with Crippen molar-refractivity contribution in [1.29, 1.82) is 0 Å². The molecule has 6 nitrogen and oxygen atoms in total. The van der Waals surface area contributed by atoms with Gasteiger partial charge in [-0.2, -0.15) is 0 Å². The second-order valence-corrected chi connectivity index (χ2v) is 9.36. The molecule has 0 aliphatic carbocycles. The number of ether oxygens (including phenoxy) is 1. The van der Waals surface area contributed by atoms with Gasteiger partial charge < -0.3 is 9.64 Å². The van der Waals surface area contributed by atoms with Crippen LogP contribution in [0.4, 0.5) is 11.4 Å². The Kier molecular flexibility index (Phi) is 6.19. The Morgan fingerprint density at radius 1 is 1.06 bits per heavy atom. The third-order valence-corrected chi connectivity index (χ3v) is 7.04. The number of methoxy groups -OCH3 is 1. The van der Waals surface area contributed by atoms with E-state index in [-0.39, 0.29) is 10.8 Å². The first kappa shape index (κ1) is 21.9. The van der Waals surface area contributed by atoms with Crippen molar-refractivity contribution >= 4 is 27.3 Å². The molecule has 4 rings (SSSR count). The zero-order valence-corrected chi connectivity index (χ0v) is 19.0. The molecule has 166 valence electrons. The number of benzene rings is 3. The molecule has 3 aromatic rings. The average Bonchev–Trinajstić information content (AvgIpc) is 2.83.